The van der Waals surface area contributed by atoms with Crippen molar-refractivity contribution < 1.29 is 18.7 Å². The molecule has 190 valence electrons. The van der Waals surface area contributed by atoms with Crippen molar-refractivity contribution in [3.63, 3.8) is 0 Å². The molecule has 1 aliphatic rings. The Hall–Kier alpha value is -4.10. The number of hydrogen-bond donors (Lipinski definition) is 0. The molecule has 0 bridgehead atoms. The van der Waals surface area contributed by atoms with Crippen LogP contribution in [0.2, 0.25) is 0 Å². The molecule has 0 aliphatic carbocycles. The average Bonchev–Trinajstić information content (AvgIpc) is 3.36. The number of nitrogens with zero attached hydrogens (tertiary/aromatic N) is 3. The van der Waals surface area contributed by atoms with E-state index < -0.39 is 0 Å². The fourth-order valence-corrected chi connectivity index (χ4v) is 4.76. The molecular weight excluding hydrogens is 466 g/mol. The third kappa shape index (κ3) is 5.37. The van der Waals surface area contributed by atoms with Gasteiger partial charge in [-0.15, -0.1) is 0 Å². The molecule has 1 amide bonds. The number of fused-ring (bicyclic) bond motifs is 1. The molecule has 1 aliphatic heterocycles. The number of allylic oxidation sites excluding steroid dienone is 1. The van der Waals surface area contributed by atoms with Gasteiger partial charge in [-0.05, 0) is 47.9 Å². The highest BCUT2D eigenvalue weighted by molar-refractivity contribution is 6.00. The first-order valence-corrected chi connectivity index (χ1v) is 12.4. The summed E-state index contributed by atoms with van der Waals surface area (Å²) in [4.78, 5) is 21.6. The lowest BCUT2D eigenvalue weighted by atomic mass is 9.99. The van der Waals surface area contributed by atoms with E-state index in [0.717, 1.165) is 58.6 Å². The predicted octanol–water partition coefficient (Wildman–Crippen LogP) is 5.26. The molecule has 1 saturated heterocycles. The summed E-state index contributed by atoms with van der Waals surface area (Å²) in [6.45, 7) is 5.87. The Morgan fingerprint density at radius 1 is 1.05 bits per heavy atom. The first-order valence-electron chi connectivity index (χ1n) is 12.4. The molecule has 0 atom stereocenters. The molecule has 0 radical (unpaired) electrons. The number of hydrogen-bond acceptors (Lipinski definition) is 6. The third-order valence-corrected chi connectivity index (χ3v) is 6.87. The third-order valence-electron chi connectivity index (χ3n) is 6.87. The van der Waals surface area contributed by atoms with Crippen LogP contribution in [0.1, 0.15) is 18.1 Å². The van der Waals surface area contributed by atoms with E-state index >= 15 is 0 Å². The number of methoxy groups -OCH3 is 2. The van der Waals surface area contributed by atoms with Crippen LogP contribution in [-0.2, 0) is 11.3 Å². The maximum absolute atomic E-state index is 13.2. The molecule has 0 spiro atoms. The summed E-state index contributed by atoms with van der Waals surface area (Å²) in [5.74, 6) is 1.49. The van der Waals surface area contributed by atoms with Crippen LogP contribution < -0.4 is 9.47 Å². The second-order valence-corrected chi connectivity index (χ2v) is 9.22. The van der Waals surface area contributed by atoms with E-state index in [4.69, 9.17) is 13.9 Å². The second-order valence-electron chi connectivity index (χ2n) is 9.22. The van der Waals surface area contributed by atoms with Crippen molar-refractivity contribution in [2.24, 2.45) is 0 Å². The lowest BCUT2D eigenvalue weighted by molar-refractivity contribution is -0.127. The zero-order valence-electron chi connectivity index (χ0n) is 21.4. The minimum Gasteiger partial charge on any atom is -0.497 e. The fourth-order valence-electron chi connectivity index (χ4n) is 4.76. The zero-order chi connectivity index (χ0) is 25.8. The highest BCUT2D eigenvalue weighted by Crippen LogP contribution is 2.37. The standard InChI is InChI=1S/C30H31N3O4/c1-21(15-30(34)33-13-11-32(12-14-33)19-22-5-4-10-31-18-22)25-16-26-27(20-37-29(26)17-28(25)36-3)23-6-8-24(35-2)9-7-23/h4-10,15-18,20H,11-14,19H2,1-3H3/b21-15+. The molecule has 7 heteroatoms. The van der Waals surface area contributed by atoms with Crippen molar-refractivity contribution in [3.05, 3.63) is 84.4 Å². The second kappa shape index (κ2) is 10.9. The zero-order valence-corrected chi connectivity index (χ0v) is 21.4. The summed E-state index contributed by atoms with van der Waals surface area (Å²) in [5, 5.41) is 0.963. The van der Waals surface area contributed by atoms with Gasteiger partial charge in [0.15, 0.2) is 0 Å². The van der Waals surface area contributed by atoms with Crippen LogP contribution in [0.3, 0.4) is 0 Å². The van der Waals surface area contributed by atoms with Crippen molar-refractivity contribution in [3.8, 4) is 22.6 Å². The molecule has 3 heterocycles. The average molecular weight is 498 g/mol. The van der Waals surface area contributed by atoms with Crippen LogP contribution in [0.5, 0.6) is 11.5 Å². The maximum Gasteiger partial charge on any atom is 0.246 e. The monoisotopic (exact) mass is 497 g/mol. The normalized spacial score (nSPS) is 14.7. The number of carbonyl (C=O) groups is 1. The van der Waals surface area contributed by atoms with Crippen LogP contribution in [0.15, 0.2) is 77.7 Å². The lowest BCUT2D eigenvalue weighted by Crippen LogP contribution is -2.47. The molecule has 0 unspecified atom stereocenters. The number of piperazine rings is 1. The summed E-state index contributed by atoms with van der Waals surface area (Å²) < 4.78 is 16.8. The van der Waals surface area contributed by atoms with E-state index in [9.17, 15) is 4.79 Å². The van der Waals surface area contributed by atoms with E-state index in [-0.39, 0.29) is 5.91 Å². The molecule has 2 aromatic heterocycles. The number of furan rings is 1. The molecule has 4 aromatic rings. The number of carbonyl (C=O) groups excluding carboxylic acids is 1. The van der Waals surface area contributed by atoms with Crippen molar-refractivity contribution in [1.29, 1.82) is 0 Å². The van der Waals surface area contributed by atoms with E-state index in [0.29, 0.717) is 18.8 Å². The highest BCUT2D eigenvalue weighted by atomic mass is 16.5. The van der Waals surface area contributed by atoms with Crippen molar-refractivity contribution >= 4 is 22.4 Å². The van der Waals surface area contributed by atoms with Crippen molar-refractivity contribution in [2.45, 2.75) is 13.5 Å². The summed E-state index contributed by atoms with van der Waals surface area (Å²) >= 11 is 0. The first-order chi connectivity index (χ1) is 18.1. The van der Waals surface area contributed by atoms with Crippen LogP contribution in [-0.4, -0.2) is 61.1 Å². The van der Waals surface area contributed by atoms with Crippen LogP contribution in [0.25, 0.3) is 27.7 Å². The van der Waals surface area contributed by atoms with E-state index in [2.05, 4.69) is 16.0 Å². The van der Waals surface area contributed by atoms with Crippen LogP contribution in [0, 0.1) is 0 Å². The molecule has 2 aromatic carbocycles. The molecule has 5 rings (SSSR count). The number of rotatable bonds is 7. The van der Waals surface area contributed by atoms with Crippen LogP contribution >= 0.6 is 0 Å². The Morgan fingerprint density at radius 3 is 2.51 bits per heavy atom. The van der Waals surface area contributed by atoms with Gasteiger partial charge in [0.05, 0.1) is 20.5 Å². The summed E-state index contributed by atoms with van der Waals surface area (Å²) in [7, 11) is 3.29. The largest absolute Gasteiger partial charge is 0.497 e. The van der Waals surface area contributed by atoms with Crippen molar-refractivity contribution in [1.82, 2.24) is 14.8 Å². The smallest absolute Gasteiger partial charge is 0.246 e. The van der Waals surface area contributed by atoms with E-state index in [1.165, 1.54) is 5.56 Å². The Morgan fingerprint density at radius 2 is 1.84 bits per heavy atom. The van der Waals surface area contributed by atoms with Gasteiger partial charge < -0.3 is 18.8 Å². The minimum absolute atomic E-state index is 0.0169. The fraction of sp³-hybridized carbons (Fsp3) is 0.267. The Balaban J connectivity index is 1.34. The van der Waals surface area contributed by atoms with Gasteiger partial charge in [-0.25, -0.2) is 0 Å². The van der Waals surface area contributed by atoms with Gasteiger partial charge in [0.2, 0.25) is 5.91 Å². The topological polar surface area (TPSA) is 68.0 Å². The number of pyridine rings is 1. The Labute approximate surface area is 216 Å². The summed E-state index contributed by atoms with van der Waals surface area (Å²) in [6, 6.07) is 15.8. The van der Waals surface area contributed by atoms with E-state index in [1.807, 2.05) is 60.5 Å². The molecule has 37 heavy (non-hydrogen) atoms. The van der Waals surface area contributed by atoms with Crippen molar-refractivity contribution in [2.75, 3.05) is 40.4 Å². The Bertz CT molecular complexity index is 1400. The number of amides is 1. The maximum atomic E-state index is 13.2. The molecule has 1 fully saturated rings. The van der Waals surface area contributed by atoms with Gasteiger partial charge in [0, 0.05) is 73.8 Å². The quantitative estimate of drug-likeness (QED) is 0.325. The number of benzene rings is 2. The van der Waals surface area contributed by atoms with Crippen LogP contribution in [0.4, 0.5) is 0 Å². The Kier molecular flexibility index (Phi) is 7.23. The van der Waals surface area contributed by atoms with Gasteiger partial charge in [-0.3, -0.25) is 14.7 Å². The summed E-state index contributed by atoms with van der Waals surface area (Å²) in [6.07, 6.45) is 7.15. The SMILES string of the molecule is COc1ccc(-c2coc3cc(OC)c(/C(C)=C/C(=O)N4CCN(Cc5cccnc5)CC4)cc23)cc1. The molecule has 7 nitrogen and oxygen atoms in total. The first kappa shape index (κ1) is 24.6. The van der Waals surface area contributed by atoms with Gasteiger partial charge >= 0.3 is 0 Å². The number of ether oxygens (including phenoxy) is 2. The van der Waals surface area contributed by atoms with E-state index in [1.54, 1.807) is 32.8 Å². The van der Waals surface area contributed by atoms with Gasteiger partial charge in [0.25, 0.3) is 0 Å². The summed E-state index contributed by atoms with van der Waals surface area (Å²) in [5.41, 5.74) is 5.64. The molecular formula is C30H31N3O4. The minimum atomic E-state index is 0.0169. The lowest BCUT2D eigenvalue weighted by Gasteiger charge is -2.34. The van der Waals surface area contributed by atoms with Gasteiger partial charge in [0.1, 0.15) is 17.1 Å². The van der Waals surface area contributed by atoms with Gasteiger partial charge in [-0.1, -0.05) is 18.2 Å². The molecule has 0 saturated carbocycles. The molecule has 0 N–H and O–H groups in total. The predicted molar refractivity (Wildman–Crippen MR) is 144 cm³/mol. The van der Waals surface area contributed by atoms with Gasteiger partial charge in [-0.2, -0.15) is 0 Å². The highest BCUT2D eigenvalue weighted by Gasteiger charge is 2.21. The number of aromatic nitrogens is 1.